The second-order valence-electron chi connectivity index (χ2n) is 5.70. The Morgan fingerprint density at radius 1 is 1.16 bits per heavy atom. The molecule has 1 atom stereocenters. The third-order valence-corrected chi connectivity index (χ3v) is 3.77. The maximum absolute atomic E-state index is 4.13. The van der Waals surface area contributed by atoms with E-state index in [0.717, 1.165) is 12.0 Å². The van der Waals surface area contributed by atoms with Crippen molar-refractivity contribution < 1.29 is 0 Å². The maximum Gasteiger partial charge on any atom is -0.0209 e. The van der Waals surface area contributed by atoms with E-state index in [2.05, 4.69) is 58.2 Å². The molecule has 1 aromatic carbocycles. The van der Waals surface area contributed by atoms with Crippen LogP contribution in [0.3, 0.4) is 0 Å². The molecular formula is C19H28. The lowest BCUT2D eigenvalue weighted by molar-refractivity contribution is 0.493. The highest BCUT2D eigenvalue weighted by Gasteiger charge is 2.08. The summed E-state index contributed by atoms with van der Waals surface area (Å²) >= 11 is 0. The Morgan fingerprint density at radius 2 is 1.89 bits per heavy atom. The van der Waals surface area contributed by atoms with Gasteiger partial charge in [-0.15, -0.1) is 0 Å². The van der Waals surface area contributed by atoms with Crippen LogP contribution < -0.4 is 0 Å². The van der Waals surface area contributed by atoms with Crippen molar-refractivity contribution in [2.24, 2.45) is 5.92 Å². The highest BCUT2D eigenvalue weighted by Crippen LogP contribution is 2.22. The zero-order chi connectivity index (χ0) is 14.3. The number of aryl methyl sites for hydroxylation is 1. The van der Waals surface area contributed by atoms with E-state index in [1.165, 1.54) is 42.4 Å². The Kier molecular flexibility index (Phi) is 6.62. The van der Waals surface area contributed by atoms with Crippen molar-refractivity contribution in [2.45, 2.75) is 52.9 Å². The summed E-state index contributed by atoms with van der Waals surface area (Å²) in [6, 6.07) is 8.78. The van der Waals surface area contributed by atoms with E-state index in [9.17, 15) is 0 Å². The van der Waals surface area contributed by atoms with Crippen LogP contribution >= 0.6 is 0 Å². The fourth-order valence-electron chi connectivity index (χ4n) is 2.53. The maximum atomic E-state index is 4.13. The summed E-state index contributed by atoms with van der Waals surface area (Å²) in [6.07, 6.45) is 6.20. The van der Waals surface area contributed by atoms with E-state index in [-0.39, 0.29) is 0 Å². The lowest BCUT2D eigenvalue weighted by Crippen LogP contribution is -2.02. The molecule has 19 heavy (non-hydrogen) atoms. The van der Waals surface area contributed by atoms with Gasteiger partial charge in [-0.05, 0) is 56.6 Å². The van der Waals surface area contributed by atoms with Crippen molar-refractivity contribution >= 4 is 5.57 Å². The molecule has 1 aromatic rings. The van der Waals surface area contributed by atoms with Gasteiger partial charge in [-0.25, -0.2) is 0 Å². The lowest BCUT2D eigenvalue weighted by Gasteiger charge is -2.16. The zero-order valence-corrected chi connectivity index (χ0v) is 12.8. The van der Waals surface area contributed by atoms with Gasteiger partial charge in [-0.1, -0.05) is 61.9 Å². The van der Waals surface area contributed by atoms with Gasteiger partial charge >= 0.3 is 0 Å². The van der Waals surface area contributed by atoms with E-state index < -0.39 is 0 Å². The largest absolute Gasteiger partial charge is 0.0999 e. The molecule has 0 fully saturated rings. The lowest BCUT2D eigenvalue weighted by atomic mass is 9.90. The molecule has 0 heterocycles. The molecule has 0 amide bonds. The van der Waals surface area contributed by atoms with Gasteiger partial charge in [0.1, 0.15) is 0 Å². The fourth-order valence-corrected chi connectivity index (χ4v) is 2.53. The molecular weight excluding hydrogens is 228 g/mol. The van der Waals surface area contributed by atoms with Crippen LogP contribution in [0.5, 0.6) is 0 Å². The van der Waals surface area contributed by atoms with Gasteiger partial charge in [-0.2, -0.15) is 0 Å². The van der Waals surface area contributed by atoms with Crippen LogP contribution in [0.25, 0.3) is 5.57 Å². The summed E-state index contributed by atoms with van der Waals surface area (Å²) in [6.45, 7) is 14.6. The summed E-state index contributed by atoms with van der Waals surface area (Å²) in [4.78, 5) is 0. The monoisotopic (exact) mass is 256 g/mol. The highest BCUT2D eigenvalue weighted by molar-refractivity contribution is 5.61. The van der Waals surface area contributed by atoms with E-state index in [1.807, 2.05) is 0 Å². The van der Waals surface area contributed by atoms with Crippen molar-refractivity contribution in [3.05, 3.63) is 54.1 Å². The average molecular weight is 256 g/mol. The molecule has 0 aliphatic rings. The molecule has 0 nitrogen and oxygen atoms in total. The second-order valence-corrected chi connectivity index (χ2v) is 5.70. The molecule has 0 saturated heterocycles. The zero-order valence-electron chi connectivity index (χ0n) is 12.8. The predicted octanol–water partition coefficient (Wildman–Crippen LogP) is 6.03. The predicted molar refractivity (Wildman–Crippen MR) is 87.3 cm³/mol. The quantitative estimate of drug-likeness (QED) is 0.498. The smallest absolute Gasteiger partial charge is 0.0209 e. The molecule has 104 valence electrons. The number of rotatable bonds is 8. The van der Waals surface area contributed by atoms with Crippen molar-refractivity contribution in [3.63, 3.8) is 0 Å². The highest BCUT2D eigenvalue weighted by atomic mass is 14.1. The summed E-state index contributed by atoms with van der Waals surface area (Å²) in [5.74, 6) is 0.703. The van der Waals surface area contributed by atoms with Gasteiger partial charge < -0.3 is 0 Å². The van der Waals surface area contributed by atoms with E-state index in [0.29, 0.717) is 5.92 Å². The average Bonchev–Trinajstić information content (AvgIpc) is 2.38. The molecule has 1 rings (SSSR count). The van der Waals surface area contributed by atoms with E-state index in [4.69, 9.17) is 0 Å². The van der Waals surface area contributed by atoms with Crippen molar-refractivity contribution in [1.82, 2.24) is 0 Å². The van der Waals surface area contributed by atoms with Crippen molar-refractivity contribution in [2.75, 3.05) is 0 Å². The minimum absolute atomic E-state index is 0.703. The van der Waals surface area contributed by atoms with E-state index in [1.54, 1.807) is 0 Å². The summed E-state index contributed by atoms with van der Waals surface area (Å²) in [5.41, 5.74) is 5.19. The first-order chi connectivity index (χ1) is 9.04. The van der Waals surface area contributed by atoms with Gasteiger partial charge in [-0.3, -0.25) is 0 Å². The fraction of sp³-hybridized carbons (Fsp3) is 0.474. The van der Waals surface area contributed by atoms with Crippen LogP contribution in [0, 0.1) is 5.92 Å². The molecule has 0 radical (unpaired) electrons. The number of hydrogen-bond donors (Lipinski definition) is 0. The van der Waals surface area contributed by atoms with Gasteiger partial charge in [0.25, 0.3) is 0 Å². The van der Waals surface area contributed by atoms with Crippen molar-refractivity contribution in [1.29, 1.82) is 0 Å². The van der Waals surface area contributed by atoms with Crippen LogP contribution in [0.15, 0.2) is 43.0 Å². The molecule has 0 N–H and O–H groups in total. The molecule has 0 heteroatoms. The first-order valence-electron chi connectivity index (χ1n) is 7.44. The normalized spacial score (nSPS) is 12.2. The van der Waals surface area contributed by atoms with Crippen LogP contribution in [0.1, 0.15) is 57.6 Å². The summed E-state index contributed by atoms with van der Waals surface area (Å²) in [5, 5.41) is 0. The van der Waals surface area contributed by atoms with Crippen LogP contribution in [-0.4, -0.2) is 0 Å². The SMILES string of the molecule is C=C(C)c1cccc(CCCC(CCC)C(=C)C)c1. The van der Waals surface area contributed by atoms with Gasteiger partial charge in [0.15, 0.2) is 0 Å². The minimum atomic E-state index is 0.703. The van der Waals surface area contributed by atoms with Crippen LogP contribution in [-0.2, 0) is 6.42 Å². The standard InChI is InChI=1S/C19H28/c1-6-9-18(15(2)3)12-7-10-17-11-8-13-19(14-17)16(4)5/h8,11,13-14,18H,2,4,6-7,9-10,12H2,1,3,5H3. The third-order valence-electron chi connectivity index (χ3n) is 3.77. The topological polar surface area (TPSA) is 0 Å². The molecule has 0 aliphatic carbocycles. The van der Waals surface area contributed by atoms with Crippen molar-refractivity contribution in [3.8, 4) is 0 Å². The molecule has 0 spiro atoms. The molecule has 0 aromatic heterocycles. The second kappa shape index (κ2) is 7.99. The summed E-state index contributed by atoms with van der Waals surface area (Å²) < 4.78 is 0. The molecule has 1 unspecified atom stereocenters. The summed E-state index contributed by atoms with van der Waals surface area (Å²) in [7, 11) is 0. The number of allylic oxidation sites excluding steroid dienone is 2. The number of hydrogen-bond acceptors (Lipinski definition) is 0. The Balaban J connectivity index is 2.50. The Morgan fingerprint density at radius 3 is 2.47 bits per heavy atom. The molecule has 0 aliphatic heterocycles. The van der Waals surface area contributed by atoms with E-state index >= 15 is 0 Å². The minimum Gasteiger partial charge on any atom is -0.0999 e. The first kappa shape index (κ1) is 15.8. The molecule has 0 saturated carbocycles. The van der Waals surface area contributed by atoms with Crippen LogP contribution in [0.2, 0.25) is 0 Å². The number of benzene rings is 1. The first-order valence-corrected chi connectivity index (χ1v) is 7.44. The Labute approximate surface area is 119 Å². The molecule has 0 bridgehead atoms. The Bertz CT molecular complexity index is 425. The van der Waals surface area contributed by atoms with Gasteiger partial charge in [0, 0.05) is 0 Å². The van der Waals surface area contributed by atoms with Gasteiger partial charge in [0.2, 0.25) is 0 Å². The third kappa shape index (κ3) is 5.46. The van der Waals surface area contributed by atoms with Gasteiger partial charge in [0.05, 0.1) is 0 Å². The Hall–Kier alpha value is -1.30. The van der Waals surface area contributed by atoms with Crippen LogP contribution in [0.4, 0.5) is 0 Å².